The molecule has 2 bridgehead atoms. The van der Waals surface area contributed by atoms with Crippen LogP contribution < -0.4 is 0 Å². The molecule has 3 saturated carbocycles. The molecule has 3 heterocycles. The summed E-state index contributed by atoms with van der Waals surface area (Å²) in [5, 5.41) is 23.8. The van der Waals surface area contributed by atoms with Crippen LogP contribution in [0.25, 0.3) is 0 Å². The molecule has 11 nitrogen and oxygen atoms in total. The summed E-state index contributed by atoms with van der Waals surface area (Å²) in [6, 6.07) is 1.75. The molecule has 0 amide bonds. The maximum absolute atomic E-state index is 14.5. The van der Waals surface area contributed by atoms with Gasteiger partial charge in [-0.05, 0) is 18.9 Å². The van der Waals surface area contributed by atoms with Crippen LogP contribution in [0.3, 0.4) is 0 Å². The van der Waals surface area contributed by atoms with E-state index < -0.39 is 93.3 Å². The van der Waals surface area contributed by atoms with Gasteiger partial charge in [0.15, 0.2) is 17.5 Å². The number of epoxide rings is 1. The number of aliphatic hydroxyl groups is 2. The van der Waals surface area contributed by atoms with Crippen molar-refractivity contribution in [2.75, 3.05) is 7.11 Å². The topological polar surface area (TPSA) is 162 Å². The van der Waals surface area contributed by atoms with Crippen molar-refractivity contribution in [3.05, 3.63) is 24.2 Å². The first-order valence-corrected chi connectivity index (χ1v) is 13.7. The van der Waals surface area contributed by atoms with Gasteiger partial charge in [-0.15, -0.1) is 0 Å². The quantitative estimate of drug-likeness (QED) is 0.314. The van der Waals surface area contributed by atoms with Crippen molar-refractivity contribution in [1.29, 1.82) is 0 Å². The smallest absolute Gasteiger partial charge is 0.335 e. The van der Waals surface area contributed by atoms with Crippen LogP contribution in [0.4, 0.5) is 0 Å². The summed E-state index contributed by atoms with van der Waals surface area (Å²) in [7, 11) is 1.14. The number of esters is 3. The molecule has 5 fully saturated rings. The van der Waals surface area contributed by atoms with Gasteiger partial charge in [0.2, 0.25) is 0 Å². The maximum Gasteiger partial charge on any atom is 0.335 e. The molecule has 0 aromatic carbocycles. The number of ether oxygens (including phenoxy) is 4. The third kappa shape index (κ3) is 3.01. The van der Waals surface area contributed by atoms with Crippen molar-refractivity contribution in [3.8, 4) is 0 Å². The van der Waals surface area contributed by atoms with E-state index in [0.29, 0.717) is 18.4 Å². The minimum Gasteiger partial charge on any atom is -0.472 e. The van der Waals surface area contributed by atoms with Gasteiger partial charge in [-0.3, -0.25) is 14.4 Å². The highest BCUT2D eigenvalue weighted by Crippen LogP contribution is 2.78. The number of furan rings is 1. The SMILES string of the molecule is COC(=O)[C@H](O)[C@H]1C(C)(C)[C@H](OC(C)=O)[C@@]2(O)C(=O)[C@]1(C)C1CC[C@]3(C)C(CC(=O)O[C@H]3c3ccoc3)[C@]13O[C@@H]32. The van der Waals surface area contributed by atoms with E-state index in [-0.39, 0.29) is 6.42 Å². The normalized spacial score (nSPS) is 47.1. The van der Waals surface area contributed by atoms with Crippen LogP contribution in [0.1, 0.15) is 65.5 Å². The predicted octanol–water partition coefficient (Wildman–Crippen LogP) is 1.88. The Bertz CT molecular complexity index is 1290. The average molecular weight is 561 g/mol. The van der Waals surface area contributed by atoms with Gasteiger partial charge in [0.05, 0.1) is 26.1 Å². The highest BCUT2D eigenvalue weighted by Gasteiger charge is 2.91. The summed E-state index contributed by atoms with van der Waals surface area (Å²) < 4.78 is 28.2. The van der Waals surface area contributed by atoms with E-state index in [9.17, 15) is 29.4 Å². The molecule has 2 saturated heterocycles. The summed E-state index contributed by atoms with van der Waals surface area (Å²) in [6.45, 7) is 8.18. The van der Waals surface area contributed by atoms with Crippen LogP contribution in [0.15, 0.2) is 23.0 Å². The van der Waals surface area contributed by atoms with E-state index >= 15 is 0 Å². The van der Waals surface area contributed by atoms with E-state index in [0.717, 1.165) is 7.11 Å². The van der Waals surface area contributed by atoms with Gasteiger partial charge in [-0.25, -0.2) is 4.79 Å². The predicted molar refractivity (Wildman–Crippen MR) is 133 cm³/mol. The van der Waals surface area contributed by atoms with E-state index in [4.69, 9.17) is 23.4 Å². The van der Waals surface area contributed by atoms with Crippen LogP contribution in [0.2, 0.25) is 0 Å². The summed E-state index contributed by atoms with van der Waals surface area (Å²) in [5.74, 6) is -4.92. The molecule has 6 rings (SSSR count). The largest absolute Gasteiger partial charge is 0.472 e. The third-order valence-electron chi connectivity index (χ3n) is 11.1. The molecule has 11 heteroatoms. The highest BCUT2D eigenvalue weighted by molar-refractivity contribution is 5.99. The van der Waals surface area contributed by atoms with Gasteiger partial charge in [-0.1, -0.05) is 27.7 Å². The summed E-state index contributed by atoms with van der Waals surface area (Å²) >= 11 is 0. The molecular weight excluding hydrogens is 524 g/mol. The third-order valence-corrected chi connectivity index (χ3v) is 11.1. The number of carbonyl (C=O) groups excluding carboxylic acids is 4. The molecule has 1 spiro atoms. The standard InChI is InChI=1S/C29H36O11/c1-13(30)38-23-25(2,3)19(18(32)21(33)36-6)27(5)15-7-9-26(4)16(29(15)24(40-29)28(23,35)22(27)34)11-17(31)39-20(26)14-8-10-37-12-14/h8,10,12,15-16,18-20,23-24,32,35H,7,9,11H2,1-6H3/t15?,16?,18-,19+,20+,23+,24-,26-,27-,28+,29-/m1/s1. The lowest BCUT2D eigenvalue weighted by molar-refractivity contribution is -0.260. The lowest BCUT2D eigenvalue weighted by Crippen LogP contribution is -2.81. The molecule has 2 aliphatic heterocycles. The number of aliphatic hydroxyl groups excluding tert-OH is 1. The Kier molecular flexibility index (Phi) is 5.60. The molecule has 5 aliphatic rings. The molecular formula is C29H36O11. The molecule has 2 unspecified atom stereocenters. The molecule has 3 aliphatic carbocycles. The van der Waals surface area contributed by atoms with E-state index in [1.54, 1.807) is 26.8 Å². The van der Waals surface area contributed by atoms with Crippen LogP contribution in [0, 0.1) is 34.0 Å². The summed E-state index contributed by atoms with van der Waals surface area (Å²) in [5.41, 5.74) is -6.16. The Hall–Kier alpha value is -2.76. The number of ketones is 1. The second-order valence-corrected chi connectivity index (χ2v) is 13.3. The van der Waals surface area contributed by atoms with Crippen molar-refractivity contribution in [2.24, 2.45) is 34.0 Å². The van der Waals surface area contributed by atoms with Gasteiger partial charge in [0.25, 0.3) is 0 Å². The number of rotatable bonds is 4. The van der Waals surface area contributed by atoms with Gasteiger partial charge in [0.1, 0.15) is 23.9 Å². The first kappa shape index (κ1) is 27.4. The van der Waals surface area contributed by atoms with Crippen molar-refractivity contribution < 1.29 is 52.8 Å². The van der Waals surface area contributed by atoms with E-state index in [1.165, 1.54) is 19.5 Å². The first-order valence-electron chi connectivity index (χ1n) is 13.7. The maximum atomic E-state index is 14.5. The number of fused-ring (bicyclic) bond motifs is 5. The highest BCUT2D eigenvalue weighted by atomic mass is 16.6. The van der Waals surface area contributed by atoms with Crippen molar-refractivity contribution in [1.82, 2.24) is 0 Å². The molecule has 0 radical (unpaired) electrons. The van der Waals surface area contributed by atoms with E-state index in [1.807, 2.05) is 6.92 Å². The summed E-state index contributed by atoms with van der Waals surface area (Å²) in [4.78, 5) is 52.7. The zero-order chi connectivity index (χ0) is 29.2. The van der Waals surface area contributed by atoms with Crippen molar-refractivity contribution in [3.63, 3.8) is 0 Å². The van der Waals surface area contributed by atoms with Crippen LogP contribution in [0.5, 0.6) is 0 Å². The molecule has 11 atom stereocenters. The van der Waals surface area contributed by atoms with Gasteiger partial charge in [0, 0.05) is 46.5 Å². The minimum atomic E-state index is -2.28. The van der Waals surface area contributed by atoms with Crippen LogP contribution in [-0.2, 0) is 38.1 Å². The number of carbonyl (C=O) groups is 4. The summed E-state index contributed by atoms with van der Waals surface area (Å²) in [6.07, 6.45) is -0.893. The number of methoxy groups -OCH3 is 1. The first-order chi connectivity index (χ1) is 18.6. The lowest BCUT2D eigenvalue weighted by Gasteiger charge is -2.67. The Labute approximate surface area is 231 Å². The fourth-order valence-corrected chi connectivity index (χ4v) is 9.80. The molecule has 40 heavy (non-hydrogen) atoms. The fourth-order valence-electron chi connectivity index (χ4n) is 9.80. The number of hydrogen-bond acceptors (Lipinski definition) is 11. The van der Waals surface area contributed by atoms with Gasteiger partial charge in [-0.2, -0.15) is 0 Å². The van der Waals surface area contributed by atoms with Crippen LogP contribution in [-0.4, -0.2) is 70.5 Å². The van der Waals surface area contributed by atoms with Crippen LogP contribution >= 0.6 is 0 Å². The Morgan fingerprint density at radius 1 is 1.15 bits per heavy atom. The van der Waals surface area contributed by atoms with Crippen molar-refractivity contribution >= 4 is 23.7 Å². The minimum absolute atomic E-state index is 0.00987. The van der Waals surface area contributed by atoms with Crippen molar-refractivity contribution in [2.45, 2.75) is 89.5 Å². The Balaban J connectivity index is 1.56. The molecule has 1 aromatic heterocycles. The second kappa shape index (κ2) is 8.17. The molecule has 2 N–H and O–H groups in total. The van der Waals surface area contributed by atoms with Gasteiger partial charge < -0.3 is 33.6 Å². The fraction of sp³-hybridized carbons (Fsp3) is 0.724. The lowest BCUT2D eigenvalue weighted by atomic mass is 9.36. The Morgan fingerprint density at radius 3 is 2.45 bits per heavy atom. The van der Waals surface area contributed by atoms with E-state index in [2.05, 4.69) is 0 Å². The molecule has 218 valence electrons. The average Bonchev–Trinajstić information content (AvgIpc) is 3.37. The number of Topliss-reactive ketones (excluding diaryl/α,β-unsaturated/α-hetero) is 1. The zero-order valence-corrected chi connectivity index (χ0v) is 23.5. The zero-order valence-electron chi connectivity index (χ0n) is 23.5. The number of cyclic esters (lactones) is 1. The Morgan fingerprint density at radius 2 is 1.85 bits per heavy atom. The second-order valence-electron chi connectivity index (χ2n) is 13.3. The number of hydrogen-bond donors (Lipinski definition) is 2. The van der Waals surface area contributed by atoms with Gasteiger partial charge >= 0.3 is 17.9 Å². The molecule has 1 aromatic rings. The monoisotopic (exact) mass is 560 g/mol.